The van der Waals surface area contributed by atoms with Crippen molar-refractivity contribution >= 4 is 0 Å². The number of hydrogen-bond acceptors (Lipinski definition) is 5. The normalized spacial score (nSPS) is 20.3. The molecule has 2 heterocycles. The summed E-state index contributed by atoms with van der Waals surface area (Å²) in [6, 6.07) is 0.618. The standard InChI is InChI=1S/C12H22N4O/c1-3-7-16(10-5-6-13-8-10)9-12-15-14-11(4-2)17-12/h10,13H,3-9H2,1-2H3. The van der Waals surface area contributed by atoms with Gasteiger partial charge in [-0.15, -0.1) is 10.2 Å². The highest BCUT2D eigenvalue weighted by atomic mass is 16.4. The molecule has 0 radical (unpaired) electrons. The van der Waals surface area contributed by atoms with Crippen LogP contribution in [0.15, 0.2) is 4.42 Å². The molecule has 17 heavy (non-hydrogen) atoms. The molecule has 1 atom stereocenters. The third-order valence-electron chi connectivity index (χ3n) is 3.21. The van der Waals surface area contributed by atoms with Gasteiger partial charge in [0.15, 0.2) is 0 Å². The number of rotatable bonds is 6. The molecule has 96 valence electrons. The smallest absolute Gasteiger partial charge is 0.230 e. The maximum absolute atomic E-state index is 5.58. The molecule has 5 heteroatoms. The molecule has 1 N–H and O–H groups in total. The van der Waals surface area contributed by atoms with E-state index in [1.54, 1.807) is 0 Å². The molecule has 0 amide bonds. The molecule has 1 aliphatic heterocycles. The van der Waals surface area contributed by atoms with Gasteiger partial charge in [-0.25, -0.2) is 0 Å². The van der Waals surface area contributed by atoms with Crippen LogP contribution in [0, 0.1) is 0 Å². The SMILES string of the molecule is CCCN(Cc1nnc(CC)o1)C1CCNC1. The highest BCUT2D eigenvalue weighted by Gasteiger charge is 2.23. The van der Waals surface area contributed by atoms with E-state index in [4.69, 9.17) is 4.42 Å². The molecular weight excluding hydrogens is 216 g/mol. The third kappa shape index (κ3) is 3.26. The quantitative estimate of drug-likeness (QED) is 0.807. The molecule has 1 aromatic heterocycles. The van der Waals surface area contributed by atoms with Gasteiger partial charge in [0.25, 0.3) is 0 Å². The summed E-state index contributed by atoms with van der Waals surface area (Å²) in [4.78, 5) is 2.45. The predicted molar refractivity (Wildman–Crippen MR) is 65.7 cm³/mol. The van der Waals surface area contributed by atoms with E-state index in [2.05, 4.69) is 27.3 Å². The minimum atomic E-state index is 0.618. The molecular formula is C12H22N4O. The summed E-state index contributed by atoms with van der Waals surface area (Å²) >= 11 is 0. The van der Waals surface area contributed by atoms with Gasteiger partial charge in [0.2, 0.25) is 11.8 Å². The lowest BCUT2D eigenvalue weighted by atomic mass is 10.2. The van der Waals surface area contributed by atoms with Crippen LogP contribution >= 0.6 is 0 Å². The number of aromatic nitrogens is 2. The number of aryl methyl sites for hydroxylation is 1. The summed E-state index contributed by atoms with van der Waals surface area (Å²) < 4.78 is 5.58. The van der Waals surface area contributed by atoms with E-state index in [0.717, 1.165) is 50.8 Å². The summed E-state index contributed by atoms with van der Waals surface area (Å²) in [5.41, 5.74) is 0. The number of nitrogens with zero attached hydrogens (tertiary/aromatic N) is 3. The zero-order valence-corrected chi connectivity index (χ0v) is 10.8. The average Bonchev–Trinajstić information content (AvgIpc) is 2.99. The predicted octanol–water partition coefficient (Wildman–Crippen LogP) is 1.21. The van der Waals surface area contributed by atoms with E-state index < -0.39 is 0 Å². The Hall–Kier alpha value is -0.940. The van der Waals surface area contributed by atoms with E-state index in [1.165, 1.54) is 6.42 Å². The lowest BCUT2D eigenvalue weighted by Gasteiger charge is -2.26. The van der Waals surface area contributed by atoms with Gasteiger partial charge in [-0.1, -0.05) is 13.8 Å². The molecule has 0 aromatic carbocycles. The van der Waals surface area contributed by atoms with Gasteiger partial charge >= 0.3 is 0 Å². The van der Waals surface area contributed by atoms with Crippen LogP contribution < -0.4 is 5.32 Å². The summed E-state index contributed by atoms with van der Waals surface area (Å²) in [6.07, 6.45) is 3.19. The van der Waals surface area contributed by atoms with Crippen molar-refractivity contribution in [2.24, 2.45) is 0 Å². The minimum Gasteiger partial charge on any atom is -0.424 e. The van der Waals surface area contributed by atoms with Crippen molar-refractivity contribution in [3.05, 3.63) is 11.8 Å². The van der Waals surface area contributed by atoms with Crippen LogP contribution in [0.5, 0.6) is 0 Å². The Morgan fingerprint density at radius 1 is 1.35 bits per heavy atom. The van der Waals surface area contributed by atoms with Crippen LogP contribution in [0.3, 0.4) is 0 Å². The van der Waals surface area contributed by atoms with E-state index in [0.29, 0.717) is 6.04 Å². The minimum absolute atomic E-state index is 0.618. The molecule has 0 aliphatic carbocycles. The fourth-order valence-corrected chi connectivity index (χ4v) is 2.30. The van der Waals surface area contributed by atoms with Crippen molar-refractivity contribution in [2.45, 2.75) is 45.7 Å². The summed E-state index contributed by atoms with van der Waals surface area (Å²) in [5.74, 6) is 1.49. The summed E-state index contributed by atoms with van der Waals surface area (Å²) in [7, 11) is 0. The van der Waals surface area contributed by atoms with Crippen molar-refractivity contribution in [2.75, 3.05) is 19.6 Å². The number of hydrogen-bond donors (Lipinski definition) is 1. The third-order valence-corrected chi connectivity index (χ3v) is 3.21. The Balaban J connectivity index is 1.96. The largest absolute Gasteiger partial charge is 0.424 e. The van der Waals surface area contributed by atoms with Crippen molar-refractivity contribution < 1.29 is 4.42 Å². The zero-order chi connectivity index (χ0) is 12.1. The van der Waals surface area contributed by atoms with Crippen molar-refractivity contribution in [1.29, 1.82) is 0 Å². The molecule has 1 aliphatic rings. The highest BCUT2D eigenvalue weighted by Crippen LogP contribution is 2.13. The monoisotopic (exact) mass is 238 g/mol. The second kappa shape index (κ2) is 6.12. The van der Waals surface area contributed by atoms with Crippen LogP contribution in [0.2, 0.25) is 0 Å². The fourth-order valence-electron chi connectivity index (χ4n) is 2.30. The molecule has 2 rings (SSSR count). The van der Waals surface area contributed by atoms with Gasteiger partial charge in [0.1, 0.15) is 0 Å². The van der Waals surface area contributed by atoms with Crippen LogP contribution in [-0.4, -0.2) is 40.8 Å². The Bertz CT molecular complexity index is 333. The molecule has 0 spiro atoms. The second-order valence-corrected chi connectivity index (χ2v) is 4.56. The molecule has 1 saturated heterocycles. The molecule has 0 saturated carbocycles. The van der Waals surface area contributed by atoms with E-state index in [1.807, 2.05) is 6.92 Å². The summed E-state index contributed by atoms with van der Waals surface area (Å²) in [6.45, 7) is 8.32. The van der Waals surface area contributed by atoms with E-state index >= 15 is 0 Å². The average molecular weight is 238 g/mol. The number of nitrogens with one attached hydrogen (secondary N) is 1. The first-order valence-corrected chi connectivity index (χ1v) is 6.59. The van der Waals surface area contributed by atoms with Crippen molar-refractivity contribution in [3.8, 4) is 0 Å². The Morgan fingerprint density at radius 3 is 2.76 bits per heavy atom. The molecule has 1 aromatic rings. The van der Waals surface area contributed by atoms with Gasteiger partial charge < -0.3 is 9.73 Å². The van der Waals surface area contributed by atoms with Gasteiger partial charge in [-0.3, -0.25) is 4.90 Å². The fraction of sp³-hybridized carbons (Fsp3) is 0.833. The first kappa shape index (κ1) is 12.5. The lowest BCUT2D eigenvalue weighted by molar-refractivity contribution is 0.180. The maximum Gasteiger partial charge on any atom is 0.230 e. The molecule has 0 bridgehead atoms. The molecule has 1 unspecified atom stereocenters. The van der Waals surface area contributed by atoms with Crippen LogP contribution in [0.1, 0.15) is 38.5 Å². The van der Waals surface area contributed by atoms with Gasteiger partial charge in [0.05, 0.1) is 6.54 Å². The molecule has 5 nitrogen and oxygen atoms in total. The topological polar surface area (TPSA) is 54.2 Å². The lowest BCUT2D eigenvalue weighted by Crippen LogP contribution is -2.37. The maximum atomic E-state index is 5.58. The highest BCUT2D eigenvalue weighted by molar-refractivity contribution is 4.86. The van der Waals surface area contributed by atoms with Gasteiger partial charge in [-0.2, -0.15) is 0 Å². The molecule has 1 fully saturated rings. The van der Waals surface area contributed by atoms with Crippen molar-refractivity contribution in [1.82, 2.24) is 20.4 Å². The first-order chi connectivity index (χ1) is 8.33. The zero-order valence-electron chi connectivity index (χ0n) is 10.8. The van der Waals surface area contributed by atoms with Crippen LogP contribution in [0.4, 0.5) is 0 Å². The summed E-state index contributed by atoms with van der Waals surface area (Å²) in [5, 5.41) is 11.5. The van der Waals surface area contributed by atoms with Gasteiger partial charge in [-0.05, 0) is 25.9 Å². The van der Waals surface area contributed by atoms with E-state index in [9.17, 15) is 0 Å². The second-order valence-electron chi connectivity index (χ2n) is 4.56. The Labute approximate surface area is 103 Å². The Kier molecular flexibility index (Phi) is 4.50. The van der Waals surface area contributed by atoms with Gasteiger partial charge in [0, 0.05) is 19.0 Å². The van der Waals surface area contributed by atoms with E-state index in [-0.39, 0.29) is 0 Å². The van der Waals surface area contributed by atoms with Crippen molar-refractivity contribution in [3.63, 3.8) is 0 Å². The Morgan fingerprint density at radius 2 is 2.18 bits per heavy atom. The first-order valence-electron chi connectivity index (χ1n) is 6.59. The van der Waals surface area contributed by atoms with Crippen LogP contribution in [0.25, 0.3) is 0 Å². The van der Waals surface area contributed by atoms with Crippen LogP contribution in [-0.2, 0) is 13.0 Å².